The standard InChI is InChI=1S/C15H15N3O2S/c1-3-13-14(21-18-17-13)15(20)16-12-7-6-10(2)11(9-12)5-4-8-19/h6-7,9,19H,3,8H2,1-2H3,(H,16,20). The molecule has 1 aromatic carbocycles. The fourth-order valence-electron chi connectivity index (χ4n) is 1.77. The molecule has 6 heteroatoms. The molecule has 0 saturated heterocycles. The van der Waals surface area contributed by atoms with E-state index in [2.05, 4.69) is 26.7 Å². The Bertz CT molecular complexity index is 713. The number of aromatic nitrogens is 2. The molecule has 1 amide bonds. The number of aryl methyl sites for hydroxylation is 2. The quantitative estimate of drug-likeness (QED) is 0.850. The van der Waals surface area contributed by atoms with E-state index in [1.165, 1.54) is 0 Å². The van der Waals surface area contributed by atoms with Gasteiger partial charge in [-0.2, -0.15) is 0 Å². The maximum absolute atomic E-state index is 12.2. The molecule has 21 heavy (non-hydrogen) atoms. The van der Waals surface area contributed by atoms with Crippen molar-refractivity contribution in [1.82, 2.24) is 9.59 Å². The van der Waals surface area contributed by atoms with Crippen molar-refractivity contribution in [2.45, 2.75) is 20.3 Å². The van der Waals surface area contributed by atoms with E-state index >= 15 is 0 Å². The van der Waals surface area contributed by atoms with Crippen molar-refractivity contribution in [2.75, 3.05) is 11.9 Å². The molecule has 5 nitrogen and oxygen atoms in total. The number of aliphatic hydroxyl groups is 1. The van der Waals surface area contributed by atoms with Crippen LogP contribution in [-0.2, 0) is 6.42 Å². The molecule has 0 unspecified atom stereocenters. The summed E-state index contributed by atoms with van der Waals surface area (Å²) in [4.78, 5) is 12.7. The van der Waals surface area contributed by atoms with E-state index in [9.17, 15) is 4.79 Å². The molecular weight excluding hydrogens is 286 g/mol. The van der Waals surface area contributed by atoms with E-state index < -0.39 is 0 Å². The van der Waals surface area contributed by atoms with Gasteiger partial charge in [0.15, 0.2) is 0 Å². The fraction of sp³-hybridized carbons (Fsp3) is 0.267. The van der Waals surface area contributed by atoms with E-state index in [1.54, 1.807) is 6.07 Å². The highest BCUT2D eigenvalue weighted by Gasteiger charge is 2.15. The van der Waals surface area contributed by atoms with E-state index in [0.717, 1.165) is 22.7 Å². The molecule has 0 atom stereocenters. The first-order valence-corrected chi connectivity index (χ1v) is 7.26. The number of amides is 1. The normalized spacial score (nSPS) is 9.86. The summed E-state index contributed by atoms with van der Waals surface area (Å²) >= 11 is 1.09. The molecule has 0 aliphatic heterocycles. The summed E-state index contributed by atoms with van der Waals surface area (Å²) in [6.07, 6.45) is 0.667. The van der Waals surface area contributed by atoms with Gasteiger partial charge in [0.25, 0.3) is 5.91 Å². The van der Waals surface area contributed by atoms with Crippen LogP contribution in [0.4, 0.5) is 5.69 Å². The summed E-state index contributed by atoms with van der Waals surface area (Å²) < 4.78 is 3.81. The van der Waals surface area contributed by atoms with Crippen LogP contribution >= 0.6 is 11.5 Å². The highest BCUT2D eigenvalue weighted by Crippen LogP contribution is 2.18. The van der Waals surface area contributed by atoms with Gasteiger partial charge in [0, 0.05) is 11.3 Å². The van der Waals surface area contributed by atoms with Crippen LogP contribution in [-0.4, -0.2) is 27.2 Å². The Morgan fingerprint density at radius 1 is 1.48 bits per heavy atom. The molecule has 1 aromatic heterocycles. The Morgan fingerprint density at radius 3 is 3.00 bits per heavy atom. The SMILES string of the molecule is CCc1nnsc1C(=O)Nc1ccc(C)c(C#CCO)c1. The number of carbonyl (C=O) groups excluding carboxylic acids is 1. The number of hydrogen-bond donors (Lipinski definition) is 2. The molecule has 1 heterocycles. The lowest BCUT2D eigenvalue weighted by atomic mass is 10.1. The molecule has 0 bridgehead atoms. The van der Waals surface area contributed by atoms with Crippen LogP contribution in [0.2, 0.25) is 0 Å². The Hall–Kier alpha value is -2.23. The molecule has 0 radical (unpaired) electrons. The third-order valence-electron chi connectivity index (χ3n) is 2.89. The minimum atomic E-state index is -0.216. The Morgan fingerprint density at radius 2 is 2.29 bits per heavy atom. The van der Waals surface area contributed by atoms with E-state index in [1.807, 2.05) is 26.0 Å². The highest BCUT2D eigenvalue weighted by atomic mass is 32.1. The second-order valence-electron chi connectivity index (χ2n) is 4.35. The number of nitrogens with zero attached hydrogens (tertiary/aromatic N) is 2. The number of nitrogens with one attached hydrogen (secondary N) is 1. The number of hydrogen-bond acceptors (Lipinski definition) is 5. The zero-order valence-corrected chi connectivity index (χ0v) is 12.6. The van der Waals surface area contributed by atoms with Gasteiger partial charge in [-0.3, -0.25) is 4.79 Å². The molecule has 2 aromatic rings. The van der Waals surface area contributed by atoms with Gasteiger partial charge in [-0.05, 0) is 42.6 Å². The molecule has 2 rings (SSSR count). The van der Waals surface area contributed by atoms with Crippen LogP contribution in [0, 0.1) is 18.8 Å². The first-order chi connectivity index (χ1) is 10.2. The van der Waals surface area contributed by atoms with E-state index in [0.29, 0.717) is 22.7 Å². The third kappa shape index (κ3) is 3.66. The van der Waals surface area contributed by atoms with Crippen LogP contribution in [0.15, 0.2) is 18.2 Å². The topological polar surface area (TPSA) is 75.1 Å². The molecule has 0 aliphatic carbocycles. The van der Waals surface area contributed by atoms with Crippen molar-refractivity contribution >= 4 is 23.1 Å². The second-order valence-corrected chi connectivity index (χ2v) is 5.10. The summed E-state index contributed by atoms with van der Waals surface area (Å²) in [6, 6.07) is 5.48. The maximum Gasteiger partial charge on any atom is 0.269 e. The minimum absolute atomic E-state index is 0.192. The predicted octanol–water partition coefficient (Wildman–Crippen LogP) is 2.01. The lowest BCUT2D eigenvalue weighted by Gasteiger charge is -2.06. The van der Waals surface area contributed by atoms with Gasteiger partial charge < -0.3 is 10.4 Å². The Balaban J connectivity index is 2.22. The molecule has 2 N–H and O–H groups in total. The number of anilines is 1. The van der Waals surface area contributed by atoms with Crippen molar-refractivity contribution in [2.24, 2.45) is 0 Å². The lowest BCUT2D eigenvalue weighted by Crippen LogP contribution is -2.12. The fourth-order valence-corrected chi connectivity index (χ4v) is 2.41. The van der Waals surface area contributed by atoms with Gasteiger partial charge >= 0.3 is 0 Å². The van der Waals surface area contributed by atoms with Crippen LogP contribution in [0.25, 0.3) is 0 Å². The summed E-state index contributed by atoms with van der Waals surface area (Å²) in [5.41, 5.74) is 3.12. The first-order valence-electron chi connectivity index (χ1n) is 6.48. The van der Waals surface area contributed by atoms with Gasteiger partial charge in [0.2, 0.25) is 0 Å². The number of aliphatic hydroxyl groups excluding tert-OH is 1. The summed E-state index contributed by atoms with van der Waals surface area (Å²) in [5, 5.41) is 15.5. The van der Waals surface area contributed by atoms with Crippen molar-refractivity contribution < 1.29 is 9.90 Å². The van der Waals surface area contributed by atoms with Crippen LogP contribution < -0.4 is 5.32 Å². The zero-order valence-electron chi connectivity index (χ0n) is 11.8. The van der Waals surface area contributed by atoms with Crippen LogP contribution in [0.1, 0.15) is 33.4 Å². The largest absolute Gasteiger partial charge is 0.384 e. The van der Waals surface area contributed by atoms with Gasteiger partial charge in [-0.15, -0.1) is 5.10 Å². The number of rotatable bonds is 3. The Labute approximate surface area is 127 Å². The predicted molar refractivity (Wildman–Crippen MR) is 82.4 cm³/mol. The second kappa shape index (κ2) is 6.97. The lowest BCUT2D eigenvalue weighted by molar-refractivity contribution is 0.102. The molecule has 0 aliphatic rings. The van der Waals surface area contributed by atoms with Crippen LogP contribution in [0.3, 0.4) is 0 Å². The monoisotopic (exact) mass is 301 g/mol. The van der Waals surface area contributed by atoms with Gasteiger partial charge in [0.05, 0.1) is 5.69 Å². The zero-order chi connectivity index (χ0) is 15.2. The molecular formula is C15H15N3O2S. The Kier molecular flexibility index (Phi) is 5.04. The van der Waals surface area contributed by atoms with Gasteiger partial charge in [-0.25, -0.2) is 0 Å². The smallest absolute Gasteiger partial charge is 0.269 e. The van der Waals surface area contributed by atoms with Crippen molar-refractivity contribution in [1.29, 1.82) is 0 Å². The van der Waals surface area contributed by atoms with Crippen LogP contribution in [0.5, 0.6) is 0 Å². The minimum Gasteiger partial charge on any atom is -0.384 e. The van der Waals surface area contributed by atoms with E-state index in [-0.39, 0.29) is 12.5 Å². The van der Waals surface area contributed by atoms with Crippen molar-refractivity contribution in [3.05, 3.63) is 39.9 Å². The molecule has 0 spiro atoms. The van der Waals surface area contributed by atoms with Gasteiger partial charge in [0.1, 0.15) is 11.5 Å². The van der Waals surface area contributed by atoms with Gasteiger partial charge in [-0.1, -0.05) is 29.3 Å². The molecule has 0 saturated carbocycles. The molecule has 108 valence electrons. The third-order valence-corrected chi connectivity index (χ3v) is 3.66. The van der Waals surface area contributed by atoms with Crippen molar-refractivity contribution in [3.63, 3.8) is 0 Å². The average molecular weight is 301 g/mol. The highest BCUT2D eigenvalue weighted by molar-refractivity contribution is 7.08. The first kappa shape index (κ1) is 15.2. The summed E-state index contributed by atoms with van der Waals surface area (Å²) in [6.45, 7) is 3.67. The number of benzene rings is 1. The summed E-state index contributed by atoms with van der Waals surface area (Å²) in [5.74, 6) is 5.25. The summed E-state index contributed by atoms with van der Waals surface area (Å²) in [7, 11) is 0. The average Bonchev–Trinajstić information content (AvgIpc) is 2.96. The number of carbonyl (C=O) groups is 1. The van der Waals surface area contributed by atoms with E-state index in [4.69, 9.17) is 5.11 Å². The maximum atomic E-state index is 12.2. The molecule has 0 fully saturated rings. The van der Waals surface area contributed by atoms with Crippen molar-refractivity contribution in [3.8, 4) is 11.8 Å².